The first-order valence-corrected chi connectivity index (χ1v) is 8.10. The lowest BCUT2D eigenvalue weighted by Crippen LogP contribution is -2.32. The van der Waals surface area contributed by atoms with Gasteiger partial charge in [-0.25, -0.2) is 0 Å². The van der Waals surface area contributed by atoms with Crippen LogP contribution in [0.25, 0.3) is 0 Å². The monoisotopic (exact) mass is 331 g/mol. The SMILES string of the molecule is CC[C@H](Oc1ccc(Cl)c(C)c1)C(=O)Nc1cccc(C)c1C. The maximum Gasteiger partial charge on any atom is 0.265 e. The van der Waals surface area contributed by atoms with Crippen LogP contribution >= 0.6 is 11.6 Å². The maximum atomic E-state index is 12.5. The van der Waals surface area contributed by atoms with Gasteiger partial charge >= 0.3 is 0 Å². The van der Waals surface area contributed by atoms with Crippen LogP contribution in [0.1, 0.15) is 30.0 Å². The summed E-state index contributed by atoms with van der Waals surface area (Å²) >= 11 is 6.02. The Kier molecular flexibility index (Phi) is 5.67. The van der Waals surface area contributed by atoms with Crippen LogP contribution in [0, 0.1) is 20.8 Å². The minimum Gasteiger partial charge on any atom is -0.481 e. The summed E-state index contributed by atoms with van der Waals surface area (Å²) in [7, 11) is 0. The average molecular weight is 332 g/mol. The van der Waals surface area contributed by atoms with Gasteiger partial charge in [-0.1, -0.05) is 30.7 Å². The fourth-order valence-corrected chi connectivity index (χ4v) is 2.39. The third-order valence-corrected chi connectivity index (χ3v) is 4.36. The molecule has 1 N–H and O–H groups in total. The van der Waals surface area contributed by atoms with Crippen molar-refractivity contribution in [1.29, 1.82) is 0 Å². The fraction of sp³-hybridized carbons (Fsp3) is 0.316. The highest BCUT2D eigenvalue weighted by molar-refractivity contribution is 6.31. The number of carbonyl (C=O) groups is 1. The van der Waals surface area contributed by atoms with E-state index in [0.717, 1.165) is 22.4 Å². The second-order valence-electron chi connectivity index (χ2n) is 5.66. The van der Waals surface area contributed by atoms with E-state index in [-0.39, 0.29) is 5.91 Å². The molecule has 1 atom stereocenters. The van der Waals surface area contributed by atoms with Gasteiger partial charge in [0.15, 0.2) is 6.10 Å². The highest BCUT2D eigenvalue weighted by Crippen LogP contribution is 2.23. The van der Waals surface area contributed by atoms with E-state index in [4.69, 9.17) is 16.3 Å². The largest absolute Gasteiger partial charge is 0.481 e. The van der Waals surface area contributed by atoms with E-state index in [1.165, 1.54) is 0 Å². The fourth-order valence-electron chi connectivity index (χ4n) is 2.28. The zero-order valence-corrected chi connectivity index (χ0v) is 14.7. The van der Waals surface area contributed by atoms with Crippen molar-refractivity contribution >= 4 is 23.2 Å². The van der Waals surface area contributed by atoms with Gasteiger partial charge in [0.05, 0.1) is 0 Å². The molecule has 0 heterocycles. The number of anilines is 1. The first-order valence-electron chi connectivity index (χ1n) is 7.72. The third-order valence-electron chi connectivity index (χ3n) is 3.93. The van der Waals surface area contributed by atoms with Crippen LogP contribution in [0.4, 0.5) is 5.69 Å². The van der Waals surface area contributed by atoms with E-state index >= 15 is 0 Å². The molecule has 0 aromatic heterocycles. The molecule has 2 aromatic carbocycles. The Morgan fingerprint density at radius 2 is 1.91 bits per heavy atom. The van der Waals surface area contributed by atoms with Crippen molar-refractivity contribution in [3.05, 3.63) is 58.1 Å². The highest BCUT2D eigenvalue weighted by Gasteiger charge is 2.19. The molecule has 0 aliphatic heterocycles. The van der Waals surface area contributed by atoms with Crippen LogP contribution in [0.3, 0.4) is 0 Å². The van der Waals surface area contributed by atoms with E-state index in [2.05, 4.69) is 5.32 Å². The summed E-state index contributed by atoms with van der Waals surface area (Å²) < 4.78 is 5.83. The molecule has 3 nitrogen and oxygen atoms in total. The summed E-state index contributed by atoms with van der Waals surface area (Å²) in [5.74, 6) is 0.503. The number of halogens is 1. The first kappa shape index (κ1) is 17.4. The van der Waals surface area contributed by atoms with Crippen LogP contribution in [-0.2, 0) is 4.79 Å². The van der Waals surface area contributed by atoms with Crippen LogP contribution in [0.15, 0.2) is 36.4 Å². The summed E-state index contributed by atoms with van der Waals surface area (Å²) in [4.78, 5) is 12.5. The Morgan fingerprint density at radius 3 is 2.57 bits per heavy atom. The third kappa shape index (κ3) is 4.26. The van der Waals surface area contributed by atoms with Gasteiger partial charge in [0.25, 0.3) is 5.91 Å². The van der Waals surface area contributed by atoms with Crippen molar-refractivity contribution in [2.24, 2.45) is 0 Å². The molecule has 0 aliphatic carbocycles. The number of nitrogens with one attached hydrogen (secondary N) is 1. The van der Waals surface area contributed by atoms with E-state index in [1.807, 2.05) is 52.0 Å². The molecule has 0 saturated carbocycles. The van der Waals surface area contributed by atoms with Gasteiger partial charge in [-0.15, -0.1) is 0 Å². The van der Waals surface area contributed by atoms with Gasteiger partial charge < -0.3 is 10.1 Å². The molecule has 0 radical (unpaired) electrons. The average Bonchev–Trinajstić information content (AvgIpc) is 2.52. The summed E-state index contributed by atoms with van der Waals surface area (Å²) in [6.07, 6.45) is 0.0359. The van der Waals surface area contributed by atoms with Crippen molar-refractivity contribution in [1.82, 2.24) is 0 Å². The topological polar surface area (TPSA) is 38.3 Å². The quantitative estimate of drug-likeness (QED) is 0.831. The Hall–Kier alpha value is -2.00. The zero-order chi connectivity index (χ0) is 17.0. The molecule has 4 heteroatoms. The predicted octanol–water partition coefficient (Wildman–Crippen LogP) is 5.06. The molecule has 0 saturated heterocycles. The molecule has 0 fully saturated rings. The van der Waals surface area contributed by atoms with E-state index < -0.39 is 6.10 Å². The number of rotatable bonds is 5. The Morgan fingerprint density at radius 1 is 1.17 bits per heavy atom. The molecule has 2 aromatic rings. The lowest BCUT2D eigenvalue weighted by Gasteiger charge is -2.19. The first-order chi connectivity index (χ1) is 10.9. The van der Waals surface area contributed by atoms with Crippen molar-refractivity contribution in [3.63, 3.8) is 0 Å². The van der Waals surface area contributed by atoms with Crippen LogP contribution < -0.4 is 10.1 Å². The summed E-state index contributed by atoms with van der Waals surface area (Å²) in [5, 5.41) is 3.64. The number of hydrogen-bond donors (Lipinski definition) is 1. The standard InChI is InChI=1S/C19H22ClNO2/c1-5-18(23-15-9-10-16(20)13(3)11-15)19(22)21-17-8-6-7-12(2)14(17)4/h6-11,18H,5H2,1-4H3,(H,21,22)/t18-/m0/s1. The Bertz CT molecular complexity index is 713. The number of hydrogen-bond acceptors (Lipinski definition) is 2. The minimum atomic E-state index is -0.546. The lowest BCUT2D eigenvalue weighted by atomic mass is 10.1. The van der Waals surface area contributed by atoms with Crippen molar-refractivity contribution < 1.29 is 9.53 Å². The summed E-state index contributed by atoms with van der Waals surface area (Å²) in [5.41, 5.74) is 3.96. The van der Waals surface area contributed by atoms with E-state index in [9.17, 15) is 4.79 Å². The van der Waals surface area contributed by atoms with Gasteiger partial charge in [0.2, 0.25) is 0 Å². The van der Waals surface area contributed by atoms with Crippen molar-refractivity contribution in [3.8, 4) is 5.75 Å². The molecule has 0 spiro atoms. The van der Waals surface area contributed by atoms with Gasteiger partial charge in [-0.2, -0.15) is 0 Å². The smallest absolute Gasteiger partial charge is 0.265 e. The van der Waals surface area contributed by atoms with Crippen LogP contribution in [0.5, 0.6) is 5.75 Å². The van der Waals surface area contributed by atoms with Crippen molar-refractivity contribution in [2.75, 3.05) is 5.32 Å². The van der Waals surface area contributed by atoms with Gasteiger partial charge in [0, 0.05) is 10.7 Å². The molecular weight excluding hydrogens is 310 g/mol. The van der Waals surface area contributed by atoms with Gasteiger partial charge in [0.1, 0.15) is 5.75 Å². The Labute approximate surface area is 142 Å². The van der Waals surface area contributed by atoms with E-state index in [1.54, 1.807) is 12.1 Å². The summed E-state index contributed by atoms with van der Waals surface area (Å²) in [6.45, 7) is 7.85. The Balaban J connectivity index is 2.12. The van der Waals surface area contributed by atoms with Crippen LogP contribution in [-0.4, -0.2) is 12.0 Å². The number of ether oxygens (including phenoxy) is 1. The second kappa shape index (κ2) is 7.51. The number of carbonyl (C=O) groups excluding carboxylic acids is 1. The molecule has 0 bridgehead atoms. The molecule has 122 valence electrons. The lowest BCUT2D eigenvalue weighted by molar-refractivity contribution is -0.122. The van der Waals surface area contributed by atoms with Gasteiger partial charge in [-0.05, 0) is 68.1 Å². The normalized spacial score (nSPS) is 11.9. The highest BCUT2D eigenvalue weighted by atomic mass is 35.5. The molecule has 2 rings (SSSR count). The molecule has 23 heavy (non-hydrogen) atoms. The predicted molar refractivity (Wildman–Crippen MR) is 95.4 cm³/mol. The second-order valence-corrected chi connectivity index (χ2v) is 6.07. The zero-order valence-electron chi connectivity index (χ0n) is 13.9. The molecule has 0 aliphatic rings. The molecule has 1 amide bonds. The number of aryl methyl sites for hydroxylation is 2. The molecule has 0 unspecified atom stereocenters. The van der Waals surface area contributed by atoms with Crippen LogP contribution in [0.2, 0.25) is 5.02 Å². The van der Waals surface area contributed by atoms with Crippen molar-refractivity contribution in [2.45, 2.75) is 40.2 Å². The number of amides is 1. The van der Waals surface area contributed by atoms with E-state index in [0.29, 0.717) is 17.2 Å². The van der Waals surface area contributed by atoms with Gasteiger partial charge in [-0.3, -0.25) is 4.79 Å². The maximum absolute atomic E-state index is 12.5. The summed E-state index contributed by atoms with van der Waals surface area (Å²) in [6, 6.07) is 11.3. The molecular formula is C19H22ClNO2. The number of benzene rings is 2. The minimum absolute atomic E-state index is 0.145.